The second kappa shape index (κ2) is 3.14. The average molecular weight is 231 g/mol. The molecule has 0 heterocycles. The molecule has 0 spiro atoms. The second-order valence-electron chi connectivity index (χ2n) is 1.48. The van der Waals surface area contributed by atoms with Crippen molar-refractivity contribution in [2.75, 3.05) is 6.54 Å². The Morgan fingerprint density at radius 3 is 2.29 bits per heavy atom. The molecule has 0 aliphatic carbocycles. The molecule has 44 valence electrons. The molecule has 0 saturated heterocycles. The largest absolute Gasteiger partial charge is 0.295 e. The third-order valence-corrected chi connectivity index (χ3v) is 1.04. The molecule has 1 atom stereocenters. The molecule has 3 heteroatoms. The van der Waals surface area contributed by atoms with Crippen molar-refractivity contribution in [3.8, 4) is 0 Å². The summed E-state index contributed by atoms with van der Waals surface area (Å²) in [6, 6.07) is 0. The molecule has 0 amide bonds. The van der Waals surface area contributed by atoms with E-state index in [9.17, 15) is 0 Å². The molecule has 0 saturated carbocycles. The molecule has 1 N–H and O–H groups in total. The van der Waals surface area contributed by atoms with E-state index in [-0.39, 0.29) is 2.88 Å². The summed E-state index contributed by atoms with van der Waals surface area (Å²) in [5, 5.41) is 3.14. The minimum absolute atomic E-state index is 0.0352. The number of hydrogen-bond acceptors (Lipinski definition) is 2. The average Bonchev–Trinajstić information content (AvgIpc) is 1.30. The first-order valence-corrected chi connectivity index (χ1v) is 3.75. The van der Waals surface area contributed by atoms with E-state index >= 15 is 0 Å². The lowest BCUT2D eigenvalue weighted by atomic mass is 10.7. The van der Waals surface area contributed by atoms with Gasteiger partial charge in [-0.3, -0.25) is 5.32 Å². The van der Waals surface area contributed by atoms with Crippen molar-refractivity contribution in [2.45, 2.75) is 16.7 Å². The van der Waals surface area contributed by atoms with Crippen LogP contribution in [-0.2, 0) is 0 Å². The fraction of sp³-hybridized carbons (Fsp3) is 1.00. The Labute approximate surface area is 63.8 Å². The maximum absolute atomic E-state index is 4.21. The van der Waals surface area contributed by atoms with Crippen molar-refractivity contribution in [2.24, 2.45) is 0 Å². The molecule has 0 unspecified atom stereocenters. The topological polar surface area (TPSA) is 12.0 Å². The normalized spacial score (nSPS) is 18.9. The monoisotopic (exact) mass is 231 g/mol. The van der Waals surface area contributed by atoms with Gasteiger partial charge in [-0.1, -0.05) is 6.92 Å². The minimum atomic E-state index is -0.0352. The van der Waals surface area contributed by atoms with E-state index in [4.69, 9.17) is 0 Å². The van der Waals surface area contributed by atoms with Gasteiger partial charge in [0.05, 0.1) is 0 Å². The first kappa shape index (κ1) is 8.04. The van der Waals surface area contributed by atoms with Crippen molar-refractivity contribution in [1.82, 2.24) is 5.32 Å². The molecule has 0 radical (unpaired) electrons. The predicted molar refractivity (Wildman–Crippen MR) is 45.1 cm³/mol. The number of nitrogens with one attached hydrogen (secondary N) is 1. The molecule has 1 nitrogen and oxygen atoms in total. The lowest BCUT2D eigenvalue weighted by Gasteiger charge is -2.14. The molecular formula is C4H10INS. The molecular weight excluding hydrogens is 221 g/mol. The van der Waals surface area contributed by atoms with Gasteiger partial charge < -0.3 is 0 Å². The Balaban J connectivity index is 3.15. The third kappa shape index (κ3) is 7.04. The molecule has 0 rings (SSSR count). The van der Waals surface area contributed by atoms with Gasteiger partial charge in [0.2, 0.25) is 0 Å². The summed E-state index contributed by atoms with van der Waals surface area (Å²) in [4.78, 5) is 0. The number of rotatable bonds is 2. The SMILES string of the molecule is CCN[C@](C)(S)I. The van der Waals surface area contributed by atoms with Gasteiger partial charge in [-0.2, -0.15) is 0 Å². The molecule has 0 aromatic rings. The molecule has 7 heavy (non-hydrogen) atoms. The van der Waals surface area contributed by atoms with Gasteiger partial charge >= 0.3 is 0 Å². The highest BCUT2D eigenvalue weighted by molar-refractivity contribution is 14.1. The van der Waals surface area contributed by atoms with Crippen LogP contribution in [0.1, 0.15) is 13.8 Å². The summed E-state index contributed by atoms with van der Waals surface area (Å²) in [5.41, 5.74) is 0. The molecule has 0 aliphatic heterocycles. The smallest absolute Gasteiger partial charge is 0.111 e. The Morgan fingerprint density at radius 1 is 1.86 bits per heavy atom. The molecule has 0 aromatic heterocycles. The van der Waals surface area contributed by atoms with Crippen molar-refractivity contribution < 1.29 is 0 Å². The van der Waals surface area contributed by atoms with Crippen LogP contribution in [0.3, 0.4) is 0 Å². The van der Waals surface area contributed by atoms with Gasteiger partial charge in [0.25, 0.3) is 0 Å². The fourth-order valence-electron chi connectivity index (χ4n) is 0.323. The van der Waals surface area contributed by atoms with Crippen LogP contribution in [0.5, 0.6) is 0 Å². The zero-order valence-electron chi connectivity index (χ0n) is 4.53. The molecule has 0 bridgehead atoms. The van der Waals surface area contributed by atoms with Gasteiger partial charge in [-0.05, 0) is 36.1 Å². The Morgan fingerprint density at radius 2 is 2.29 bits per heavy atom. The second-order valence-corrected chi connectivity index (χ2v) is 5.39. The lowest BCUT2D eigenvalue weighted by Crippen LogP contribution is -2.29. The Kier molecular flexibility index (Phi) is 3.61. The van der Waals surface area contributed by atoms with E-state index in [1.54, 1.807) is 0 Å². The van der Waals surface area contributed by atoms with Crippen LogP contribution in [0.2, 0.25) is 0 Å². The van der Waals surface area contributed by atoms with E-state index in [0.717, 1.165) is 6.54 Å². The van der Waals surface area contributed by atoms with Gasteiger partial charge in [-0.15, -0.1) is 12.6 Å². The van der Waals surface area contributed by atoms with Crippen LogP contribution in [0, 0.1) is 0 Å². The zero-order valence-corrected chi connectivity index (χ0v) is 7.58. The Hall–Kier alpha value is 1.04. The number of halogens is 1. The van der Waals surface area contributed by atoms with Gasteiger partial charge in [0, 0.05) is 0 Å². The standard InChI is InChI=1S/C4H10INS/c1-3-6-4(2,5)7/h6-7H,3H2,1-2H3/t4-/m1/s1. The highest BCUT2D eigenvalue weighted by Gasteiger charge is 2.08. The van der Waals surface area contributed by atoms with Gasteiger partial charge in [-0.25, -0.2) is 0 Å². The highest BCUT2D eigenvalue weighted by Crippen LogP contribution is 2.16. The predicted octanol–water partition coefficient (Wildman–Crippen LogP) is 1.63. The zero-order chi connectivity index (χ0) is 5.91. The fourth-order valence-corrected chi connectivity index (χ4v) is 0.862. The van der Waals surface area contributed by atoms with Crippen LogP contribution in [-0.4, -0.2) is 9.42 Å². The van der Waals surface area contributed by atoms with Crippen LogP contribution < -0.4 is 5.32 Å². The summed E-state index contributed by atoms with van der Waals surface area (Å²) in [6.45, 7) is 5.05. The maximum atomic E-state index is 4.21. The van der Waals surface area contributed by atoms with Crippen molar-refractivity contribution in [3.05, 3.63) is 0 Å². The van der Waals surface area contributed by atoms with E-state index in [1.807, 2.05) is 6.92 Å². The minimum Gasteiger partial charge on any atom is -0.295 e. The van der Waals surface area contributed by atoms with E-state index < -0.39 is 0 Å². The van der Waals surface area contributed by atoms with E-state index in [1.165, 1.54) is 0 Å². The summed E-state index contributed by atoms with van der Waals surface area (Å²) >= 11 is 6.44. The maximum Gasteiger partial charge on any atom is 0.111 e. The van der Waals surface area contributed by atoms with Gasteiger partial charge in [0.1, 0.15) is 2.88 Å². The summed E-state index contributed by atoms with van der Waals surface area (Å²) in [6.07, 6.45) is 0. The summed E-state index contributed by atoms with van der Waals surface area (Å²) < 4.78 is -0.0352. The van der Waals surface area contributed by atoms with Crippen LogP contribution in [0.4, 0.5) is 0 Å². The van der Waals surface area contributed by atoms with Crippen LogP contribution in [0.15, 0.2) is 0 Å². The van der Waals surface area contributed by atoms with Crippen LogP contribution in [0.25, 0.3) is 0 Å². The summed E-state index contributed by atoms with van der Waals surface area (Å²) in [7, 11) is 0. The summed E-state index contributed by atoms with van der Waals surface area (Å²) in [5.74, 6) is 0. The van der Waals surface area contributed by atoms with Crippen molar-refractivity contribution in [3.63, 3.8) is 0 Å². The quantitative estimate of drug-likeness (QED) is 0.242. The van der Waals surface area contributed by atoms with E-state index in [0.29, 0.717) is 0 Å². The Bertz CT molecular complexity index is 50.1. The number of alkyl halides is 1. The lowest BCUT2D eigenvalue weighted by molar-refractivity contribution is 0.705. The van der Waals surface area contributed by atoms with Gasteiger partial charge in [0.15, 0.2) is 0 Å². The van der Waals surface area contributed by atoms with E-state index in [2.05, 4.69) is 47.5 Å². The first-order valence-electron chi connectivity index (χ1n) is 2.22. The molecule has 0 aromatic carbocycles. The molecule has 0 fully saturated rings. The number of thiol groups is 1. The highest BCUT2D eigenvalue weighted by atomic mass is 127. The molecule has 0 aliphatic rings. The third-order valence-electron chi connectivity index (χ3n) is 0.499. The van der Waals surface area contributed by atoms with Crippen molar-refractivity contribution >= 4 is 35.2 Å². The van der Waals surface area contributed by atoms with Crippen LogP contribution >= 0.6 is 35.2 Å². The first-order chi connectivity index (χ1) is 3.06. The van der Waals surface area contributed by atoms with Crippen molar-refractivity contribution in [1.29, 1.82) is 0 Å². The number of hydrogen-bond donors (Lipinski definition) is 2.